The Morgan fingerprint density at radius 2 is 2.00 bits per heavy atom. The van der Waals surface area contributed by atoms with Gasteiger partial charge < -0.3 is 9.88 Å². The molecule has 0 aromatic carbocycles. The van der Waals surface area contributed by atoms with Gasteiger partial charge in [0, 0.05) is 30.9 Å². The van der Waals surface area contributed by atoms with Crippen LogP contribution in [0.4, 0.5) is 0 Å². The molecule has 3 heterocycles. The van der Waals surface area contributed by atoms with Crippen molar-refractivity contribution in [1.82, 2.24) is 24.0 Å². The van der Waals surface area contributed by atoms with Gasteiger partial charge in [0.25, 0.3) is 5.56 Å². The molecule has 1 N–H and O–H groups in total. The Labute approximate surface area is 165 Å². The Hall–Kier alpha value is -2.68. The number of carbonyl (C=O) groups is 1. The van der Waals surface area contributed by atoms with Gasteiger partial charge >= 0.3 is 5.69 Å². The van der Waals surface area contributed by atoms with E-state index in [4.69, 9.17) is 0 Å². The van der Waals surface area contributed by atoms with Crippen molar-refractivity contribution >= 4 is 28.4 Å². The molecule has 28 heavy (non-hydrogen) atoms. The van der Waals surface area contributed by atoms with E-state index in [1.807, 2.05) is 0 Å². The van der Waals surface area contributed by atoms with Crippen LogP contribution in [0.15, 0.2) is 33.4 Å². The number of nitrogens with one attached hydrogen (secondary N) is 1. The Bertz CT molecular complexity index is 1130. The molecule has 0 atom stereocenters. The summed E-state index contributed by atoms with van der Waals surface area (Å²) in [6.07, 6.45) is 5.93. The molecule has 4 rings (SSSR count). The lowest BCUT2D eigenvalue weighted by Crippen LogP contribution is -2.40. The molecular weight excluding hydrogens is 378 g/mol. The first-order valence-corrected chi connectivity index (χ1v) is 10.2. The second-order valence-corrected chi connectivity index (χ2v) is 8.44. The van der Waals surface area contributed by atoms with Crippen molar-refractivity contribution in [3.05, 3.63) is 49.6 Å². The number of carbonyl (C=O) groups excluding carboxylic acids is 1. The van der Waals surface area contributed by atoms with E-state index in [2.05, 4.69) is 27.8 Å². The molecule has 1 amide bonds. The van der Waals surface area contributed by atoms with Crippen LogP contribution >= 0.6 is 11.3 Å². The predicted octanol–water partition coefficient (Wildman–Crippen LogP) is 1.12. The van der Waals surface area contributed by atoms with Crippen molar-refractivity contribution in [3.8, 4) is 0 Å². The first-order chi connectivity index (χ1) is 13.4. The molecular formula is C19H23N5O3S. The first-order valence-electron chi connectivity index (χ1n) is 9.34. The lowest BCUT2D eigenvalue weighted by molar-refractivity contribution is -0.121. The van der Waals surface area contributed by atoms with E-state index in [1.54, 1.807) is 18.4 Å². The summed E-state index contributed by atoms with van der Waals surface area (Å²) in [5.41, 5.74) is -0.332. The molecule has 0 saturated heterocycles. The fourth-order valence-electron chi connectivity index (χ4n) is 4.14. The number of hydrogen-bond donors (Lipinski definition) is 1. The lowest BCUT2D eigenvalue weighted by Gasteiger charge is -2.28. The number of imidazole rings is 1. The molecule has 8 nitrogen and oxygen atoms in total. The molecule has 0 unspecified atom stereocenters. The average molecular weight is 401 g/mol. The molecule has 148 valence electrons. The summed E-state index contributed by atoms with van der Waals surface area (Å²) < 4.78 is 3.86. The zero-order valence-electron chi connectivity index (χ0n) is 16.0. The van der Waals surface area contributed by atoms with Gasteiger partial charge in [0.2, 0.25) is 5.91 Å². The summed E-state index contributed by atoms with van der Waals surface area (Å²) in [6.45, 7) is 0.583. The van der Waals surface area contributed by atoms with Crippen LogP contribution in [-0.4, -0.2) is 31.1 Å². The number of amides is 1. The fraction of sp³-hybridized carbons (Fsp3) is 0.474. The quantitative estimate of drug-likeness (QED) is 0.694. The summed E-state index contributed by atoms with van der Waals surface area (Å²) in [7, 11) is 2.98. The summed E-state index contributed by atoms with van der Waals surface area (Å²) in [5, 5.41) is 5.14. The number of fused-ring (bicyclic) bond motifs is 1. The maximum absolute atomic E-state index is 12.6. The van der Waals surface area contributed by atoms with Crippen molar-refractivity contribution in [2.75, 3.05) is 6.54 Å². The molecule has 1 fully saturated rings. The van der Waals surface area contributed by atoms with Crippen LogP contribution in [0.25, 0.3) is 11.2 Å². The van der Waals surface area contributed by atoms with Crippen molar-refractivity contribution in [3.63, 3.8) is 0 Å². The Balaban J connectivity index is 1.55. The predicted molar refractivity (Wildman–Crippen MR) is 108 cm³/mol. The van der Waals surface area contributed by atoms with Crippen LogP contribution in [0.1, 0.15) is 30.6 Å². The molecule has 1 aliphatic carbocycles. The Morgan fingerprint density at radius 1 is 1.25 bits per heavy atom. The minimum Gasteiger partial charge on any atom is -0.354 e. The zero-order chi connectivity index (χ0) is 19.9. The van der Waals surface area contributed by atoms with Crippen molar-refractivity contribution in [2.45, 2.75) is 37.6 Å². The Kier molecular flexibility index (Phi) is 4.70. The highest BCUT2D eigenvalue weighted by Gasteiger charge is 2.36. The highest BCUT2D eigenvalue weighted by molar-refractivity contribution is 7.10. The highest BCUT2D eigenvalue weighted by Crippen LogP contribution is 2.42. The van der Waals surface area contributed by atoms with E-state index < -0.39 is 11.2 Å². The third-order valence-corrected chi connectivity index (χ3v) is 6.88. The van der Waals surface area contributed by atoms with E-state index >= 15 is 0 Å². The standard InChI is InChI=1S/C19H23N5O3S/c1-22-16-15(17(26)23(2)18(22)27)24(12-21-16)10-14(25)20-11-19(7-3-4-8-19)13-6-5-9-28-13/h5-6,9,12H,3-4,7-8,10-11H2,1-2H3,(H,20,25). The number of nitrogens with zero attached hydrogens (tertiary/aromatic N) is 4. The van der Waals surface area contributed by atoms with Gasteiger partial charge in [-0.1, -0.05) is 18.9 Å². The van der Waals surface area contributed by atoms with Gasteiger partial charge in [0.1, 0.15) is 6.54 Å². The number of aryl methyl sites for hydroxylation is 1. The molecule has 0 bridgehead atoms. The van der Waals surface area contributed by atoms with Crippen molar-refractivity contribution < 1.29 is 4.79 Å². The van der Waals surface area contributed by atoms with Gasteiger partial charge in [-0.3, -0.25) is 18.7 Å². The number of hydrogen-bond acceptors (Lipinski definition) is 5. The first kappa shape index (κ1) is 18.7. The highest BCUT2D eigenvalue weighted by atomic mass is 32.1. The van der Waals surface area contributed by atoms with Gasteiger partial charge in [-0.2, -0.15) is 0 Å². The van der Waals surface area contributed by atoms with Crippen LogP contribution in [0, 0.1) is 0 Å². The molecule has 0 aliphatic heterocycles. The van der Waals surface area contributed by atoms with Gasteiger partial charge in [-0.25, -0.2) is 9.78 Å². The number of aromatic nitrogens is 4. The van der Waals surface area contributed by atoms with Crippen molar-refractivity contribution in [2.24, 2.45) is 14.1 Å². The third kappa shape index (κ3) is 2.99. The summed E-state index contributed by atoms with van der Waals surface area (Å²) in [5.74, 6) is -0.168. The van der Waals surface area contributed by atoms with Gasteiger partial charge in [0.05, 0.1) is 6.33 Å². The second-order valence-electron chi connectivity index (χ2n) is 7.49. The average Bonchev–Trinajstić information content (AvgIpc) is 3.43. The number of rotatable bonds is 5. The van der Waals surface area contributed by atoms with Gasteiger partial charge in [-0.05, 0) is 24.3 Å². The molecule has 1 saturated carbocycles. The molecule has 9 heteroatoms. The van der Waals surface area contributed by atoms with Crippen molar-refractivity contribution in [1.29, 1.82) is 0 Å². The molecule has 3 aromatic heterocycles. The monoisotopic (exact) mass is 401 g/mol. The van der Waals surface area contributed by atoms with Crippen LogP contribution in [-0.2, 0) is 30.8 Å². The SMILES string of the molecule is Cn1c(=O)c2c(ncn2CC(=O)NCC2(c3cccs3)CCCC2)n(C)c1=O. The minimum atomic E-state index is -0.450. The summed E-state index contributed by atoms with van der Waals surface area (Å²) >= 11 is 1.74. The normalized spacial score (nSPS) is 15.9. The molecule has 3 aromatic rings. The van der Waals surface area contributed by atoms with Crippen LogP contribution in [0.5, 0.6) is 0 Å². The van der Waals surface area contributed by atoms with Crippen LogP contribution in [0.2, 0.25) is 0 Å². The number of thiophene rings is 1. The van der Waals surface area contributed by atoms with E-state index in [9.17, 15) is 14.4 Å². The fourth-order valence-corrected chi connectivity index (χ4v) is 5.12. The topological polar surface area (TPSA) is 90.9 Å². The van der Waals surface area contributed by atoms with Crippen LogP contribution < -0.4 is 16.6 Å². The van der Waals surface area contributed by atoms with E-state index in [0.717, 1.165) is 17.4 Å². The van der Waals surface area contributed by atoms with Crippen LogP contribution in [0.3, 0.4) is 0 Å². The smallest absolute Gasteiger partial charge is 0.332 e. The second kappa shape index (κ2) is 7.05. The maximum Gasteiger partial charge on any atom is 0.332 e. The lowest BCUT2D eigenvalue weighted by atomic mass is 9.84. The van der Waals surface area contributed by atoms with E-state index in [1.165, 1.54) is 40.2 Å². The summed E-state index contributed by atoms with van der Waals surface area (Å²) in [6, 6.07) is 4.20. The third-order valence-electron chi connectivity index (χ3n) is 5.76. The minimum absolute atomic E-state index is 0.00946. The summed E-state index contributed by atoms with van der Waals surface area (Å²) in [4.78, 5) is 42.6. The largest absolute Gasteiger partial charge is 0.354 e. The molecule has 0 spiro atoms. The maximum atomic E-state index is 12.6. The Morgan fingerprint density at radius 3 is 2.68 bits per heavy atom. The molecule has 1 aliphatic rings. The van der Waals surface area contributed by atoms with Gasteiger partial charge in [-0.15, -0.1) is 11.3 Å². The molecule has 0 radical (unpaired) electrons. The zero-order valence-corrected chi connectivity index (χ0v) is 16.8. The van der Waals surface area contributed by atoms with E-state index in [0.29, 0.717) is 6.54 Å². The van der Waals surface area contributed by atoms with Gasteiger partial charge in [0.15, 0.2) is 11.2 Å². The van der Waals surface area contributed by atoms with E-state index in [-0.39, 0.29) is 29.0 Å².